The molecular weight excluding hydrogens is 206 g/mol. The maximum atomic E-state index is 12.4. The van der Waals surface area contributed by atoms with Gasteiger partial charge in [-0.2, -0.15) is 0 Å². The molecular formula is C12H25NOS. The first kappa shape index (κ1) is 13.2. The maximum absolute atomic E-state index is 12.4. The Bertz CT molecular complexity index is 222. The second kappa shape index (κ2) is 5.44. The quantitative estimate of drug-likeness (QED) is 0.740. The van der Waals surface area contributed by atoms with Crippen LogP contribution in [-0.2, 0) is 10.8 Å². The van der Waals surface area contributed by atoms with E-state index in [0.29, 0.717) is 11.3 Å². The standard InChI is InChI=1S/C12H25NOS/c1-12(2,3)15(14)11-9-7-5-6-8-10(11)13-4/h10-11,13H,5-9H2,1-4H3. The average molecular weight is 231 g/mol. The molecule has 1 aliphatic carbocycles. The summed E-state index contributed by atoms with van der Waals surface area (Å²) in [6.07, 6.45) is 6.13. The summed E-state index contributed by atoms with van der Waals surface area (Å²) in [7, 11) is 1.28. The van der Waals surface area contributed by atoms with Crippen LogP contribution in [-0.4, -0.2) is 27.3 Å². The monoisotopic (exact) mass is 231 g/mol. The lowest BCUT2D eigenvalue weighted by molar-refractivity contribution is 0.493. The molecule has 1 N–H and O–H groups in total. The topological polar surface area (TPSA) is 29.1 Å². The van der Waals surface area contributed by atoms with E-state index in [4.69, 9.17) is 0 Å². The van der Waals surface area contributed by atoms with E-state index in [1.165, 1.54) is 25.7 Å². The Balaban J connectivity index is 2.74. The lowest BCUT2D eigenvalue weighted by Crippen LogP contribution is -2.44. The van der Waals surface area contributed by atoms with E-state index in [-0.39, 0.29) is 4.75 Å². The van der Waals surface area contributed by atoms with Gasteiger partial charge in [0.25, 0.3) is 0 Å². The third-order valence-electron chi connectivity index (χ3n) is 3.20. The maximum Gasteiger partial charge on any atom is 0.0506 e. The van der Waals surface area contributed by atoms with Gasteiger partial charge < -0.3 is 5.32 Å². The molecule has 0 amide bonds. The van der Waals surface area contributed by atoms with E-state index in [2.05, 4.69) is 26.1 Å². The van der Waals surface area contributed by atoms with E-state index in [1.54, 1.807) is 0 Å². The third kappa shape index (κ3) is 3.56. The van der Waals surface area contributed by atoms with Crippen LogP contribution >= 0.6 is 0 Å². The minimum Gasteiger partial charge on any atom is -0.316 e. The Morgan fingerprint density at radius 1 is 1.13 bits per heavy atom. The summed E-state index contributed by atoms with van der Waals surface area (Å²) in [5.74, 6) is 0. The number of rotatable bonds is 2. The molecule has 0 spiro atoms. The van der Waals surface area contributed by atoms with E-state index >= 15 is 0 Å². The minimum atomic E-state index is -0.727. The summed E-state index contributed by atoms with van der Waals surface area (Å²) in [6, 6.07) is 0.451. The first-order valence-corrected chi connectivity index (χ1v) is 7.26. The SMILES string of the molecule is CNC1CCCCCC1S(=O)C(C)(C)C. The highest BCUT2D eigenvalue weighted by Gasteiger charge is 2.33. The molecule has 0 aliphatic heterocycles. The largest absolute Gasteiger partial charge is 0.316 e. The molecule has 1 fully saturated rings. The van der Waals surface area contributed by atoms with Crippen LogP contribution in [0.5, 0.6) is 0 Å². The Morgan fingerprint density at radius 2 is 1.73 bits per heavy atom. The molecule has 0 radical (unpaired) electrons. The van der Waals surface area contributed by atoms with Gasteiger partial charge in [-0.05, 0) is 40.7 Å². The summed E-state index contributed by atoms with van der Waals surface area (Å²) in [5.41, 5.74) is 0. The molecule has 1 aliphatic rings. The smallest absolute Gasteiger partial charge is 0.0506 e. The molecule has 3 heteroatoms. The van der Waals surface area contributed by atoms with Crippen molar-refractivity contribution in [2.24, 2.45) is 0 Å². The average Bonchev–Trinajstić information content (AvgIpc) is 2.39. The van der Waals surface area contributed by atoms with Crippen molar-refractivity contribution in [2.75, 3.05) is 7.05 Å². The van der Waals surface area contributed by atoms with E-state index in [9.17, 15) is 4.21 Å². The van der Waals surface area contributed by atoms with Crippen molar-refractivity contribution in [1.82, 2.24) is 5.32 Å². The third-order valence-corrected chi connectivity index (χ3v) is 5.52. The Labute approximate surface area is 96.7 Å². The fourth-order valence-corrected chi connectivity index (χ4v) is 4.17. The predicted octanol–water partition coefficient (Wildman–Crippen LogP) is 2.45. The van der Waals surface area contributed by atoms with E-state index < -0.39 is 10.8 Å². The van der Waals surface area contributed by atoms with Crippen LogP contribution < -0.4 is 5.32 Å². The van der Waals surface area contributed by atoms with Gasteiger partial charge >= 0.3 is 0 Å². The summed E-state index contributed by atoms with van der Waals surface area (Å²) in [4.78, 5) is 0. The van der Waals surface area contributed by atoms with Gasteiger partial charge in [0.15, 0.2) is 0 Å². The van der Waals surface area contributed by atoms with Crippen molar-refractivity contribution in [1.29, 1.82) is 0 Å². The normalized spacial score (nSPS) is 30.9. The van der Waals surface area contributed by atoms with Gasteiger partial charge in [0.1, 0.15) is 0 Å². The number of nitrogens with one attached hydrogen (secondary N) is 1. The van der Waals surface area contributed by atoms with Crippen molar-refractivity contribution in [3.05, 3.63) is 0 Å². The first-order valence-electron chi connectivity index (χ1n) is 6.04. The number of hydrogen-bond acceptors (Lipinski definition) is 2. The van der Waals surface area contributed by atoms with Crippen LogP contribution in [0.4, 0.5) is 0 Å². The molecule has 90 valence electrons. The second-order valence-electron chi connectivity index (χ2n) is 5.48. The predicted molar refractivity (Wildman–Crippen MR) is 67.6 cm³/mol. The van der Waals surface area contributed by atoms with Crippen LogP contribution in [0.25, 0.3) is 0 Å². The highest BCUT2D eigenvalue weighted by molar-refractivity contribution is 7.87. The highest BCUT2D eigenvalue weighted by atomic mass is 32.2. The van der Waals surface area contributed by atoms with Crippen LogP contribution in [0.3, 0.4) is 0 Å². The molecule has 0 bridgehead atoms. The zero-order valence-corrected chi connectivity index (χ0v) is 11.3. The van der Waals surface area contributed by atoms with Gasteiger partial charge in [0, 0.05) is 21.6 Å². The van der Waals surface area contributed by atoms with Gasteiger partial charge in [0.2, 0.25) is 0 Å². The highest BCUT2D eigenvalue weighted by Crippen LogP contribution is 2.27. The van der Waals surface area contributed by atoms with Crippen LogP contribution in [0.15, 0.2) is 0 Å². The fourth-order valence-electron chi connectivity index (χ4n) is 2.31. The van der Waals surface area contributed by atoms with Gasteiger partial charge in [-0.3, -0.25) is 4.21 Å². The van der Waals surface area contributed by atoms with Gasteiger partial charge in [0.05, 0.1) is 5.25 Å². The molecule has 0 aromatic heterocycles. The molecule has 0 heterocycles. The summed E-state index contributed by atoms with van der Waals surface area (Å²) in [6.45, 7) is 6.25. The van der Waals surface area contributed by atoms with Crippen molar-refractivity contribution in [3.8, 4) is 0 Å². The van der Waals surface area contributed by atoms with Crippen LogP contribution in [0.2, 0.25) is 0 Å². The molecule has 1 saturated carbocycles. The first-order chi connectivity index (χ1) is 6.96. The van der Waals surface area contributed by atoms with Crippen molar-refractivity contribution >= 4 is 10.8 Å². The van der Waals surface area contributed by atoms with Gasteiger partial charge in [-0.15, -0.1) is 0 Å². The molecule has 0 aromatic carbocycles. The molecule has 1 rings (SSSR count). The van der Waals surface area contributed by atoms with Crippen molar-refractivity contribution < 1.29 is 4.21 Å². The second-order valence-corrected chi connectivity index (χ2v) is 7.91. The lowest BCUT2D eigenvalue weighted by atomic mass is 10.1. The fraction of sp³-hybridized carbons (Fsp3) is 1.00. The Kier molecular flexibility index (Phi) is 4.78. The van der Waals surface area contributed by atoms with Crippen LogP contribution in [0, 0.1) is 0 Å². The van der Waals surface area contributed by atoms with E-state index in [1.807, 2.05) is 7.05 Å². The molecule has 0 saturated heterocycles. The molecule has 15 heavy (non-hydrogen) atoms. The Hall–Kier alpha value is 0.110. The van der Waals surface area contributed by atoms with Crippen LogP contribution in [0.1, 0.15) is 52.9 Å². The molecule has 3 unspecified atom stereocenters. The van der Waals surface area contributed by atoms with E-state index in [0.717, 1.165) is 6.42 Å². The summed E-state index contributed by atoms with van der Waals surface area (Å²) < 4.78 is 12.3. The van der Waals surface area contributed by atoms with Crippen molar-refractivity contribution in [2.45, 2.75) is 68.9 Å². The molecule has 3 atom stereocenters. The zero-order chi connectivity index (χ0) is 11.5. The van der Waals surface area contributed by atoms with Gasteiger partial charge in [-0.1, -0.05) is 19.3 Å². The summed E-state index contributed by atoms with van der Waals surface area (Å²) >= 11 is 0. The lowest BCUT2D eigenvalue weighted by Gasteiger charge is -2.30. The van der Waals surface area contributed by atoms with Crippen molar-refractivity contribution in [3.63, 3.8) is 0 Å². The summed E-state index contributed by atoms with van der Waals surface area (Å²) in [5, 5.41) is 3.70. The molecule has 0 aromatic rings. The molecule has 2 nitrogen and oxygen atoms in total. The zero-order valence-electron chi connectivity index (χ0n) is 10.5. The minimum absolute atomic E-state index is 0.0793. The Morgan fingerprint density at radius 3 is 2.27 bits per heavy atom. The number of hydrogen-bond donors (Lipinski definition) is 1. The van der Waals surface area contributed by atoms with Gasteiger partial charge in [-0.25, -0.2) is 0 Å².